The van der Waals surface area contributed by atoms with Gasteiger partial charge in [0.15, 0.2) is 0 Å². The van der Waals surface area contributed by atoms with E-state index >= 15 is 4.39 Å². The number of halogens is 2. The molecule has 2 aromatic carbocycles. The van der Waals surface area contributed by atoms with Gasteiger partial charge in [-0.15, -0.1) is 0 Å². The van der Waals surface area contributed by atoms with Crippen LogP contribution in [0.3, 0.4) is 0 Å². The number of alkyl halides is 1. The summed E-state index contributed by atoms with van der Waals surface area (Å²) in [5.41, 5.74) is 2.70. The molecule has 1 fully saturated rings. The second-order valence-electron chi connectivity index (χ2n) is 9.20. The number of carbonyl (C=O) groups is 1. The molecule has 174 valence electrons. The maximum Gasteiger partial charge on any atom is 0.251 e. The first-order valence-electron chi connectivity index (χ1n) is 11.5. The maximum absolute atomic E-state index is 15.6. The van der Waals surface area contributed by atoms with Gasteiger partial charge in [-0.05, 0) is 68.1 Å². The van der Waals surface area contributed by atoms with Crippen LogP contribution in [0.5, 0.6) is 0 Å². The molecule has 1 saturated carbocycles. The SMILES string of the molecule is Cc1cc(-c2n[nH]c3ccc(C(=O)N[C@@H]4CCC[C@@](F)(Cc5ccccc5F)C4)cc23)ccn1. The van der Waals surface area contributed by atoms with Crippen LogP contribution >= 0.6 is 0 Å². The molecule has 0 spiro atoms. The van der Waals surface area contributed by atoms with E-state index in [1.807, 2.05) is 31.2 Å². The van der Waals surface area contributed by atoms with Crippen LogP contribution in [-0.4, -0.2) is 32.8 Å². The number of fused-ring (bicyclic) bond motifs is 1. The Morgan fingerprint density at radius 2 is 2.06 bits per heavy atom. The van der Waals surface area contributed by atoms with Gasteiger partial charge in [0.25, 0.3) is 5.91 Å². The van der Waals surface area contributed by atoms with Gasteiger partial charge in [-0.3, -0.25) is 14.9 Å². The Hall–Kier alpha value is -3.61. The highest BCUT2D eigenvalue weighted by molar-refractivity contribution is 6.01. The lowest BCUT2D eigenvalue weighted by atomic mass is 9.79. The van der Waals surface area contributed by atoms with Crippen molar-refractivity contribution >= 4 is 16.8 Å². The van der Waals surface area contributed by atoms with Crippen molar-refractivity contribution in [2.75, 3.05) is 0 Å². The molecule has 1 aliphatic rings. The number of pyridine rings is 1. The highest BCUT2D eigenvalue weighted by Gasteiger charge is 2.37. The molecule has 2 N–H and O–H groups in total. The van der Waals surface area contributed by atoms with E-state index < -0.39 is 5.67 Å². The highest BCUT2D eigenvalue weighted by atomic mass is 19.1. The number of nitrogens with zero attached hydrogens (tertiary/aromatic N) is 2. The van der Waals surface area contributed by atoms with Crippen molar-refractivity contribution in [3.63, 3.8) is 0 Å². The van der Waals surface area contributed by atoms with E-state index in [2.05, 4.69) is 20.5 Å². The van der Waals surface area contributed by atoms with Crippen molar-refractivity contribution in [3.05, 3.63) is 83.4 Å². The maximum atomic E-state index is 15.6. The molecular formula is C27H26F2N4O. The zero-order chi connectivity index (χ0) is 23.7. The number of nitrogens with one attached hydrogen (secondary N) is 2. The summed E-state index contributed by atoms with van der Waals surface area (Å²) in [6.07, 6.45) is 3.62. The molecule has 5 nitrogen and oxygen atoms in total. The third kappa shape index (κ3) is 4.55. The smallest absolute Gasteiger partial charge is 0.251 e. The first kappa shape index (κ1) is 22.2. The van der Waals surface area contributed by atoms with Crippen molar-refractivity contribution in [2.24, 2.45) is 0 Å². The molecule has 2 heterocycles. The fourth-order valence-electron chi connectivity index (χ4n) is 4.91. The van der Waals surface area contributed by atoms with Gasteiger partial charge < -0.3 is 5.32 Å². The Balaban J connectivity index is 1.33. The van der Waals surface area contributed by atoms with Crippen LogP contribution in [0.25, 0.3) is 22.2 Å². The Morgan fingerprint density at radius 3 is 2.88 bits per heavy atom. The number of hydrogen-bond donors (Lipinski definition) is 2. The third-order valence-corrected chi connectivity index (χ3v) is 6.59. The number of amides is 1. The molecule has 5 rings (SSSR count). The zero-order valence-corrected chi connectivity index (χ0v) is 18.9. The van der Waals surface area contributed by atoms with Crippen molar-refractivity contribution in [2.45, 2.75) is 50.7 Å². The Morgan fingerprint density at radius 1 is 1.21 bits per heavy atom. The summed E-state index contributed by atoms with van der Waals surface area (Å²) in [7, 11) is 0. The molecule has 0 bridgehead atoms. The Bertz CT molecular complexity index is 1350. The zero-order valence-electron chi connectivity index (χ0n) is 18.9. The lowest BCUT2D eigenvalue weighted by Gasteiger charge is -2.35. The van der Waals surface area contributed by atoms with E-state index in [0.29, 0.717) is 30.4 Å². The van der Waals surface area contributed by atoms with Crippen molar-refractivity contribution in [1.82, 2.24) is 20.5 Å². The van der Waals surface area contributed by atoms with E-state index in [1.165, 1.54) is 6.07 Å². The number of hydrogen-bond acceptors (Lipinski definition) is 3. The number of aryl methyl sites for hydroxylation is 1. The molecule has 2 aromatic heterocycles. The van der Waals surface area contributed by atoms with E-state index in [0.717, 1.165) is 27.9 Å². The van der Waals surface area contributed by atoms with Gasteiger partial charge in [0.1, 0.15) is 17.2 Å². The average Bonchev–Trinajstić information content (AvgIpc) is 3.24. The average molecular weight is 461 g/mol. The minimum Gasteiger partial charge on any atom is -0.349 e. The largest absolute Gasteiger partial charge is 0.349 e. The summed E-state index contributed by atoms with van der Waals surface area (Å²) < 4.78 is 29.7. The second kappa shape index (κ2) is 8.97. The van der Waals surface area contributed by atoms with Crippen molar-refractivity contribution < 1.29 is 13.6 Å². The number of benzene rings is 2. The molecule has 4 aromatic rings. The van der Waals surface area contributed by atoms with Gasteiger partial charge in [0.05, 0.1) is 5.52 Å². The molecule has 2 atom stereocenters. The molecule has 34 heavy (non-hydrogen) atoms. The number of carbonyl (C=O) groups excluding carboxylic acids is 1. The van der Waals surface area contributed by atoms with Crippen LogP contribution in [0.1, 0.15) is 47.3 Å². The van der Waals surface area contributed by atoms with Crippen LogP contribution in [0.15, 0.2) is 60.8 Å². The summed E-state index contributed by atoms with van der Waals surface area (Å²) in [6, 6.07) is 15.2. The standard InChI is InChI=1S/C27H26F2N4O/c1-17-13-18(10-12-30-17)25-22-14-19(8-9-24(22)32-33-25)26(34)31-21-6-4-11-27(29,16-21)15-20-5-2-3-7-23(20)28/h2-3,5,7-10,12-14,21H,4,6,11,15-16H2,1H3,(H,31,34)(H,32,33)/t21-,27-/m1/s1. The lowest BCUT2D eigenvalue weighted by molar-refractivity contribution is 0.0745. The summed E-state index contributed by atoms with van der Waals surface area (Å²) in [6.45, 7) is 1.92. The first-order chi connectivity index (χ1) is 16.4. The molecule has 0 radical (unpaired) electrons. The molecule has 0 saturated heterocycles. The fourth-order valence-corrected chi connectivity index (χ4v) is 4.91. The highest BCUT2D eigenvalue weighted by Crippen LogP contribution is 2.36. The number of aromatic nitrogens is 3. The molecule has 1 amide bonds. The minimum atomic E-state index is -1.54. The van der Waals surface area contributed by atoms with E-state index in [9.17, 15) is 9.18 Å². The van der Waals surface area contributed by atoms with Gasteiger partial charge in [-0.25, -0.2) is 8.78 Å². The van der Waals surface area contributed by atoms with E-state index in [4.69, 9.17) is 0 Å². The summed E-state index contributed by atoms with van der Waals surface area (Å²) >= 11 is 0. The Kier molecular flexibility index (Phi) is 5.86. The van der Waals surface area contributed by atoms with Gasteiger partial charge in [0.2, 0.25) is 0 Å². The molecule has 7 heteroatoms. The third-order valence-electron chi connectivity index (χ3n) is 6.59. The van der Waals surface area contributed by atoms with Gasteiger partial charge in [-0.1, -0.05) is 18.2 Å². The summed E-state index contributed by atoms with van der Waals surface area (Å²) in [5, 5.41) is 11.3. The van der Waals surface area contributed by atoms with E-state index in [1.54, 1.807) is 30.5 Å². The molecule has 0 unspecified atom stereocenters. The van der Waals surface area contributed by atoms with Crippen LogP contribution in [0, 0.1) is 12.7 Å². The monoisotopic (exact) mass is 460 g/mol. The Labute approximate surface area is 196 Å². The summed E-state index contributed by atoms with van der Waals surface area (Å²) in [5.74, 6) is -0.639. The normalized spacial score (nSPS) is 20.4. The second-order valence-corrected chi connectivity index (χ2v) is 9.20. The summed E-state index contributed by atoms with van der Waals surface area (Å²) in [4.78, 5) is 17.3. The number of H-pyrrole nitrogens is 1. The topological polar surface area (TPSA) is 70.7 Å². The number of aromatic amines is 1. The van der Waals surface area contributed by atoms with Gasteiger partial charge in [0, 0.05) is 47.3 Å². The van der Waals surface area contributed by atoms with Crippen LogP contribution in [-0.2, 0) is 6.42 Å². The fraction of sp³-hybridized carbons (Fsp3) is 0.296. The predicted octanol–water partition coefficient (Wildman–Crippen LogP) is 5.70. The van der Waals surface area contributed by atoms with Crippen molar-refractivity contribution in [3.8, 4) is 11.3 Å². The van der Waals surface area contributed by atoms with Crippen LogP contribution < -0.4 is 5.32 Å². The predicted molar refractivity (Wildman–Crippen MR) is 128 cm³/mol. The lowest BCUT2D eigenvalue weighted by Crippen LogP contribution is -2.44. The van der Waals surface area contributed by atoms with E-state index in [-0.39, 0.29) is 30.6 Å². The first-order valence-corrected chi connectivity index (χ1v) is 11.5. The van der Waals surface area contributed by atoms with Crippen LogP contribution in [0.4, 0.5) is 8.78 Å². The van der Waals surface area contributed by atoms with Crippen molar-refractivity contribution in [1.29, 1.82) is 0 Å². The molecule has 1 aliphatic carbocycles. The molecular weight excluding hydrogens is 434 g/mol. The minimum absolute atomic E-state index is 0.0156. The quantitative estimate of drug-likeness (QED) is 0.402. The molecule has 0 aliphatic heterocycles. The van der Waals surface area contributed by atoms with Crippen LogP contribution in [0.2, 0.25) is 0 Å². The van der Waals surface area contributed by atoms with Gasteiger partial charge in [-0.2, -0.15) is 5.10 Å². The number of rotatable bonds is 5. The van der Waals surface area contributed by atoms with Gasteiger partial charge >= 0.3 is 0 Å².